The largest absolute Gasteiger partial charge is 0.325 e. The molecule has 0 aliphatic carbocycles. The third-order valence-electron chi connectivity index (χ3n) is 0. The van der Waals surface area contributed by atoms with E-state index in [1.54, 1.807) is 0 Å². The monoisotopic (exact) mass is 148 g/mol. The fraction of sp³-hybridized carbons (Fsp3) is 0.200. The van der Waals surface area contributed by atoms with Gasteiger partial charge in [-0.2, -0.15) is 0 Å². The smallest absolute Gasteiger partial charge is 0.322 e. The summed E-state index contributed by atoms with van der Waals surface area (Å²) in [5.74, 6) is 0. The Labute approximate surface area is 55.3 Å². The second-order valence-corrected chi connectivity index (χ2v) is 2.51. The van der Waals surface area contributed by atoms with Crippen molar-refractivity contribution in [1.82, 2.24) is 0 Å². The van der Waals surface area contributed by atoms with Gasteiger partial charge in [-0.05, 0) is 0 Å². The molecule has 52 valence electrons. The van der Waals surface area contributed by atoms with Crippen molar-refractivity contribution in [1.29, 1.82) is 0 Å². The van der Waals surface area contributed by atoms with Crippen molar-refractivity contribution in [3.63, 3.8) is 0 Å². The van der Waals surface area contributed by atoms with Gasteiger partial charge in [0.25, 0.3) is 0 Å². The molecule has 4 heteroatoms. The number of rotatable bonds is 0. The highest BCUT2D eigenvalue weighted by Crippen LogP contribution is 2.26. The lowest BCUT2D eigenvalue weighted by molar-refractivity contribution is 0.381. The maximum absolute atomic E-state index is 9.33. The van der Waals surface area contributed by atoms with Crippen LogP contribution in [0.15, 0.2) is 0 Å². The Kier molecular flexibility index (Phi) is 18.0. The van der Waals surface area contributed by atoms with Crippen LogP contribution < -0.4 is 0 Å². The Hall–Kier alpha value is -0.730. The fourth-order valence-corrected chi connectivity index (χ4v) is 0. The molecule has 0 saturated heterocycles. The Balaban J connectivity index is -0.0000000771. The van der Waals surface area contributed by atoms with Crippen LogP contribution >= 0.6 is 7.60 Å². The van der Waals surface area contributed by atoms with E-state index in [0.717, 1.165) is 6.66 Å². The summed E-state index contributed by atoms with van der Waals surface area (Å²) >= 11 is 0. The predicted octanol–water partition coefficient (Wildman–Crippen LogP) is 0.293. The lowest BCUT2D eigenvalue weighted by atomic mass is 11.4. The van der Waals surface area contributed by atoms with Gasteiger partial charge in [-0.1, -0.05) is 0 Å². The Morgan fingerprint density at radius 3 is 1.11 bits per heavy atom. The molecule has 0 heterocycles. The average Bonchev–Trinajstić information content (AvgIpc) is 1.72. The molecule has 0 saturated carbocycles. The molecular formula is C5H9O3P. The molecule has 0 radical (unpaired) electrons. The molecule has 0 fully saturated rings. The van der Waals surface area contributed by atoms with Crippen molar-refractivity contribution in [3.05, 3.63) is 0 Å². The number of terminal acetylenes is 2. The summed E-state index contributed by atoms with van der Waals surface area (Å²) in [7, 11) is -3.64. The number of hydrogen-bond donors (Lipinski definition) is 2. The highest BCUT2D eigenvalue weighted by molar-refractivity contribution is 7.50. The zero-order valence-electron chi connectivity index (χ0n) is 5.06. The van der Waals surface area contributed by atoms with Gasteiger partial charge in [-0.15, -0.1) is 25.7 Å². The molecule has 9 heavy (non-hydrogen) atoms. The highest BCUT2D eigenvalue weighted by atomic mass is 31.2. The fourth-order valence-electron chi connectivity index (χ4n) is 0. The predicted molar refractivity (Wildman–Crippen MR) is 37.7 cm³/mol. The Morgan fingerprint density at radius 2 is 1.11 bits per heavy atom. The van der Waals surface area contributed by atoms with E-state index in [4.69, 9.17) is 9.79 Å². The maximum atomic E-state index is 9.33. The van der Waals surface area contributed by atoms with Crippen molar-refractivity contribution >= 4 is 7.60 Å². The first-order valence-electron chi connectivity index (χ1n) is 1.70. The SMILES string of the molecule is C#C.C#C.CP(=O)(O)O. The van der Waals surface area contributed by atoms with E-state index in [1.165, 1.54) is 0 Å². The zero-order valence-corrected chi connectivity index (χ0v) is 5.95. The normalized spacial score (nSPS) is 7.00. The van der Waals surface area contributed by atoms with Gasteiger partial charge in [0.1, 0.15) is 0 Å². The van der Waals surface area contributed by atoms with Gasteiger partial charge < -0.3 is 9.79 Å². The molecule has 0 aromatic heterocycles. The van der Waals surface area contributed by atoms with Crippen LogP contribution in [0.1, 0.15) is 0 Å². The summed E-state index contributed by atoms with van der Waals surface area (Å²) in [5, 5.41) is 0. The highest BCUT2D eigenvalue weighted by Gasteiger charge is 1.95. The molecule has 3 nitrogen and oxygen atoms in total. The van der Waals surface area contributed by atoms with E-state index in [1.807, 2.05) is 0 Å². The van der Waals surface area contributed by atoms with Crippen LogP contribution in [0.3, 0.4) is 0 Å². The molecular weight excluding hydrogens is 139 g/mol. The van der Waals surface area contributed by atoms with E-state index in [0.29, 0.717) is 0 Å². The standard InChI is InChI=1S/2C2H2.CH5O3P/c2*1-2;1-5(2,3)4/h2*1-2H;1H3,(H2,2,3,4). The molecule has 0 spiro atoms. The summed E-state index contributed by atoms with van der Waals surface area (Å²) in [6.07, 6.45) is 16.0. The third-order valence-corrected chi connectivity index (χ3v) is 0. The summed E-state index contributed by atoms with van der Waals surface area (Å²) < 4.78 is 9.33. The molecule has 0 atom stereocenters. The summed E-state index contributed by atoms with van der Waals surface area (Å²) in [5.41, 5.74) is 0. The minimum atomic E-state index is -3.64. The Morgan fingerprint density at radius 1 is 1.11 bits per heavy atom. The van der Waals surface area contributed by atoms with E-state index < -0.39 is 7.60 Å². The summed E-state index contributed by atoms with van der Waals surface area (Å²) in [6, 6.07) is 0. The quantitative estimate of drug-likeness (QED) is 0.383. The Bertz CT molecular complexity index is 104. The molecule has 0 aliphatic heterocycles. The van der Waals surface area contributed by atoms with Crippen molar-refractivity contribution in [2.45, 2.75) is 0 Å². The van der Waals surface area contributed by atoms with E-state index in [9.17, 15) is 4.57 Å². The van der Waals surface area contributed by atoms with Crippen LogP contribution in [0.25, 0.3) is 0 Å². The minimum absolute atomic E-state index is 0.854. The molecule has 0 amide bonds. The van der Waals surface area contributed by atoms with Crippen molar-refractivity contribution in [3.8, 4) is 25.7 Å². The molecule has 0 aromatic rings. The first kappa shape index (κ1) is 15.7. The number of hydrogen-bond acceptors (Lipinski definition) is 1. The topological polar surface area (TPSA) is 57.5 Å². The maximum Gasteiger partial charge on any atom is 0.322 e. The van der Waals surface area contributed by atoms with Gasteiger partial charge in [0.05, 0.1) is 0 Å². The van der Waals surface area contributed by atoms with Gasteiger partial charge in [-0.25, -0.2) is 0 Å². The van der Waals surface area contributed by atoms with Crippen LogP contribution in [0.4, 0.5) is 0 Å². The van der Waals surface area contributed by atoms with Crippen LogP contribution in [0.2, 0.25) is 0 Å². The minimum Gasteiger partial charge on any atom is -0.325 e. The van der Waals surface area contributed by atoms with Crippen molar-refractivity contribution in [2.75, 3.05) is 6.66 Å². The van der Waals surface area contributed by atoms with Gasteiger partial charge in [0.2, 0.25) is 0 Å². The van der Waals surface area contributed by atoms with Gasteiger partial charge in [-0.3, -0.25) is 4.57 Å². The molecule has 0 aliphatic rings. The van der Waals surface area contributed by atoms with Crippen molar-refractivity contribution < 1.29 is 14.4 Å². The van der Waals surface area contributed by atoms with Gasteiger partial charge >= 0.3 is 7.60 Å². The van der Waals surface area contributed by atoms with Gasteiger partial charge in [0, 0.05) is 6.66 Å². The first-order chi connectivity index (χ1) is 4.00. The average molecular weight is 148 g/mol. The summed E-state index contributed by atoms with van der Waals surface area (Å²) in [6.45, 7) is 0.854. The van der Waals surface area contributed by atoms with E-state index >= 15 is 0 Å². The second kappa shape index (κ2) is 10.3. The van der Waals surface area contributed by atoms with E-state index in [2.05, 4.69) is 25.7 Å². The second-order valence-electron chi connectivity index (χ2n) is 0.835. The van der Waals surface area contributed by atoms with Crippen molar-refractivity contribution in [2.24, 2.45) is 0 Å². The summed E-state index contributed by atoms with van der Waals surface area (Å²) in [4.78, 5) is 15.3. The zero-order chi connectivity index (χ0) is 8.50. The molecule has 0 rings (SSSR count). The lowest BCUT2D eigenvalue weighted by Crippen LogP contribution is -1.64. The van der Waals surface area contributed by atoms with Gasteiger partial charge in [0.15, 0.2) is 0 Å². The molecule has 0 bridgehead atoms. The molecule has 2 N–H and O–H groups in total. The van der Waals surface area contributed by atoms with Crippen LogP contribution in [-0.4, -0.2) is 16.5 Å². The molecule has 0 unspecified atom stereocenters. The van der Waals surface area contributed by atoms with Crippen LogP contribution in [0, 0.1) is 25.7 Å². The van der Waals surface area contributed by atoms with Crippen LogP contribution in [-0.2, 0) is 4.57 Å². The lowest BCUT2D eigenvalue weighted by Gasteiger charge is -1.84. The molecule has 0 aromatic carbocycles. The first-order valence-corrected chi connectivity index (χ1v) is 3.76. The van der Waals surface area contributed by atoms with Crippen LogP contribution in [0.5, 0.6) is 0 Å². The third kappa shape index (κ3) is 379. The van der Waals surface area contributed by atoms with E-state index in [-0.39, 0.29) is 0 Å².